The van der Waals surface area contributed by atoms with E-state index in [4.69, 9.17) is 0 Å². The van der Waals surface area contributed by atoms with Gasteiger partial charge in [0.25, 0.3) is 0 Å². The Labute approximate surface area is 147 Å². The Kier molecular flexibility index (Phi) is 5.26. The number of aromatic nitrogens is 2. The Morgan fingerprint density at radius 2 is 1.80 bits per heavy atom. The van der Waals surface area contributed by atoms with Crippen LogP contribution in [0.2, 0.25) is 0 Å². The summed E-state index contributed by atoms with van der Waals surface area (Å²) in [5.74, 6) is -0.283. The maximum atomic E-state index is 14.1. The average Bonchev–Trinajstić information content (AvgIpc) is 2.96. The number of hydrogen-bond donors (Lipinski definition) is 1. The first-order valence-electron chi connectivity index (χ1n) is 8.23. The first-order chi connectivity index (χ1) is 12.0. The van der Waals surface area contributed by atoms with Crippen molar-refractivity contribution in [1.82, 2.24) is 14.7 Å². The third-order valence-corrected chi connectivity index (χ3v) is 4.14. The highest BCUT2D eigenvalue weighted by atomic mass is 19.1. The van der Waals surface area contributed by atoms with E-state index in [0.717, 1.165) is 11.1 Å². The second kappa shape index (κ2) is 7.59. The molecule has 130 valence electrons. The highest BCUT2D eigenvalue weighted by Crippen LogP contribution is 2.26. The fourth-order valence-corrected chi connectivity index (χ4v) is 2.96. The number of halogens is 1. The zero-order valence-electron chi connectivity index (χ0n) is 14.4. The second-order valence-corrected chi connectivity index (χ2v) is 6.28. The molecule has 0 spiro atoms. The van der Waals surface area contributed by atoms with Gasteiger partial charge in [-0.2, -0.15) is 5.10 Å². The minimum atomic E-state index is -0.570. The van der Waals surface area contributed by atoms with Gasteiger partial charge in [-0.15, -0.1) is 0 Å². The van der Waals surface area contributed by atoms with Crippen molar-refractivity contribution in [2.75, 3.05) is 13.6 Å². The summed E-state index contributed by atoms with van der Waals surface area (Å²) in [6.07, 6.45) is 1.33. The van der Waals surface area contributed by atoms with E-state index in [9.17, 15) is 9.50 Å². The monoisotopic (exact) mass is 339 g/mol. The topological polar surface area (TPSA) is 41.3 Å². The van der Waals surface area contributed by atoms with Gasteiger partial charge < -0.3 is 5.11 Å². The van der Waals surface area contributed by atoms with Gasteiger partial charge >= 0.3 is 0 Å². The molecule has 1 atom stereocenters. The third-order valence-electron chi connectivity index (χ3n) is 4.14. The van der Waals surface area contributed by atoms with E-state index in [1.165, 1.54) is 6.07 Å². The molecule has 25 heavy (non-hydrogen) atoms. The molecule has 3 aromatic rings. The van der Waals surface area contributed by atoms with Crippen molar-refractivity contribution in [3.05, 3.63) is 77.7 Å². The van der Waals surface area contributed by atoms with E-state index in [1.54, 1.807) is 22.9 Å². The van der Waals surface area contributed by atoms with Gasteiger partial charge in [0.05, 0.1) is 11.8 Å². The zero-order chi connectivity index (χ0) is 17.8. The van der Waals surface area contributed by atoms with Crippen LogP contribution in [0.1, 0.15) is 17.2 Å². The van der Waals surface area contributed by atoms with Crippen LogP contribution in [0.4, 0.5) is 4.39 Å². The summed E-state index contributed by atoms with van der Waals surface area (Å²) in [4.78, 5) is 2.01. The van der Waals surface area contributed by atoms with Crippen LogP contribution in [-0.4, -0.2) is 33.4 Å². The summed E-state index contributed by atoms with van der Waals surface area (Å²) in [5, 5.41) is 14.8. The van der Waals surface area contributed by atoms with E-state index in [2.05, 4.69) is 5.10 Å². The van der Waals surface area contributed by atoms with Crippen molar-refractivity contribution in [3.8, 4) is 11.3 Å². The Balaban J connectivity index is 1.76. The van der Waals surface area contributed by atoms with Crippen LogP contribution in [-0.2, 0) is 13.6 Å². The lowest BCUT2D eigenvalue weighted by atomic mass is 10.1. The molecule has 0 amide bonds. The summed E-state index contributed by atoms with van der Waals surface area (Å²) in [7, 11) is 3.76. The largest absolute Gasteiger partial charge is 0.387 e. The Morgan fingerprint density at radius 3 is 2.52 bits per heavy atom. The highest BCUT2D eigenvalue weighted by Gasteiger charge is 2.17. The van der Waals surface area contributed by atoms with Crippen molar-refractivity contribution in [1.29, 1.82) is 0 Å². The number of rotatable bonds is 6. The second-order valence-electron chi connectivity index (χ2n) is 6.28. The highest BCUT2D eigenvalue weighted by molar-refractivity contribution is 5.63. The van der Waals surface area contributed by atoms with Gasteiger partial charge in [0.1, 0.15) is 5.82 Å². The molecule has 0 aliphatic heterocycles. The normalized spacial score (nSPS) is 12.5. The fraction of sp³-hybridized carbons (Fsp3) is 0.250. The number of aliphatic hydroxyl groups excluding tert-OH is 1. The van der Waals surface area contributed by atoms with Crippen LogP contribution >= 0.6 is 0 Å². The SMILES string of the molecule is CN(Cc1cn(C)nc1-c1ccccc1F)CC(O)c1ccccc1. The van der Waals surface area contributed by atoms with Crippen LogP contribution < -0.4 is 0 Å². The molecule has 0 fully saturated rings. The van der Waals surface area contributed by atoms with Gasteiger partial charge in [-0.25, -0.2) is 4.39 Å². The van der Waals surface area contributed by atoms with E-state index in [0.29, 0.717) is 24.3 Å². The van der Waals surface area contributed by atoms with E-state index in [-0.39, 0.29) is 5.82 Å². The molecule has 0 aliphatic rings. The molecule has 0 bridgehead atoms. The number of likely N-dealkylation sites (N-methyl/N-ethyl adjacent to an activating group) is 1. The molecular weight excluding hydrogens is 317 g/mol. The Morgan fingerprint density at radius 1 is 1.12 bits per heavy atom. The fourth-order valence-electron chi connectivity index (χ4n) is 2.96. The van der Waals surface area contributed by atoms with Crippen molar-refractivity contribution in [2.24, 2.45) is 7.05 Å². The summed E-state index contributed by atoms with van der Waals surface area (Å²) in [6.45, 7) is 1.05. The molecule has 0 saturated carbocycles. The molecule has 5 heteroatoms. The molecule has 2 aromatic carbocycles. The van der Waals surface area contributed by atoms with Crippen molar-refractivity contribution < 1.29 is 9.50 Å². The first kappa shape index (κ1) is 17.3. The maximum absolute atomic E-state index is 14.1. The molecule has 0 saturated heterocycles. The summed E-state index contributed by atoms with van der Waals surface area (Å²) < 4.78 is 15.8. The number of aryl methyl sites for hydroxylation is 1. The van der Waals surface area contributed by atoms with E-state index in [1.807, 2.05) is 55.5 Å². The predicted molar refractivity (Wildman–Crippen MR) is 96.3 cm³/mol. The van der Waals surface area contributed by atoms with Gasteiger partial charge in [0.15, 0.2) is 0 Å². The maximum Gasteiger partial charge on any atom is 0.132 e. The number of hydrogen-bond acceptors (Lipinski definition) is 3. The Hall–Kier alpha value is -2.50. The Bertz CT molecular complexity index is 832. The summed E-state index contributed by atoms with van der Waals surface area (Å²) >= 11 is 0. The van der Waals surface area contributed by atoms with Crippen LogP contribution in [0.3, 0.4) is 0 Å². The molecule has 4 nitrogen and oxygen atoms in total. The lowest BCUT2D eigenvalue weighted by Gasteiger charge is -2.20. The molecule has 1 aromatic heterocycles. The van der Waals surface area contributed by atoms with Crippen LogP contribution in [0.25, 0.3) is 11.3 Å². The zero-order valence-corrected chi connectivity index (χ0v) is 14.4. The quantitative estimate of drug-likeness (QED) is 0.748. The molecule has 0 radical (unpaired) electrons. The van der Waals surface area contributed by atoms with Gasteiger partial charge in [-0.05, 0) is 24.7 Å². The lowest BCUT2D eigenvalue weighted by Crippen LogP contribution is -2.24. The number of nitrogens with zero attached hydrogens (tertiary/aromatic N) is 3. The summed E-state index contributed by atoms with van der Waals surface area (Å²) in [5.41, 5.74) is 2.95. The molecular formula is C20H22FN3O. The van der Waals surface area contributed by atoms with E-state index < -0.39 is 6.10 Å². The van der Waals surface area contributed by atoms with Crippen molar-refractivity contribution >= 4 is 0 Å². The van der Waals surface area contributed by atoms with Crippen molar-refractivity contribution in [3.63, 3.8) is 0 Å². The molecule has 1 N–H and O–H groups in total. The van der Waals surface area contributed by atoms with Gasteiger partial charge in [0, 0.05) is 37.5 Å². The van der Waals surface area contributed by atoms with Gasteiger partial charge in [-0.3, -0.25) is 9.58 Å². The van der Waals surface area contributed by atoms with Crippen LogP contribution in [0, 0.1) is 5.82 Å². The smallest absolute Gasteiger partial charge is 0.132 e. The van der Waals surface area contributed by atoms with Crippen molar-refractivity contribution in [2.45, 2.75) is 12.6 Å². The van der Waals surface area contributed by atoms with Crippen LogP contribution in [0.15, 0.2) is 60.8 Å². The molecule has 3 rings (SSSR count). The molecule has 0 aliphatic carbocycles. The first-order valence-corrected chi connectivity index (χ1v) is 8.23. The standard InChI is InChI=1S/C20H22FN3O/c1-23(14-19(25)15-8-4-3-5-9-15)12-16-13-24(2)22-20(16)17-10-6-7-11-18(17)21/h3-11,13,19,25H,12,14H2,1-2H3. The molecule has 1 heterocycles. The third kappa shape index (κ3) is 4.13. The van der Waals surface area contributed by atoms with Gasteiger partial charge in [0.2, 0.25) is 0 Å². The lowest BCUT2D eigenvalue weighted by molar-refractivity contribution is 0.124. The predicted octanol–water partition coefficient (Wildman–Crippen LogP) is 3.39. The van der Waals surface area contributed by atoms with Gasteiger partial charge in [-0.1, -0.05) is 42.5 Å². The average molecular weight is 339 g/mol. The number of benzene rings is 2. The minimum absolute atomic E-state index is 0.283. The van der Waals surface area contributed by atoms with Crippen LogP contribution in [0.5, 0.6) is 0 Å². The summed E-state index contributed by atoms with van der Waals surface area (Å²) in [6, 6.07) is 16.2. The number of aliphatic hydroxyl groups is 1. The van der Waals surface area contributed by atoms with E-state index >= 15 is 0 Å². The molecule has 1 unspecified atom stereocenters. The minimum Gasteiger partial charge on any atom is -0.387 e.